The van der Waals surface area contributed by atoms with Gasteiger partial charge in [-0.15, -0.1) is 0 Å². The lowest BCUT2D eigenvalue weighted by Gasteiger charge is -2.47. The molecule has 0 saturated carbocycles. The van der Waals surface area contributed by atoms with Gasteiger partial charge in [-0.2, -0.15) is 0 Å². The number of halogens is 1. The number of aliphatic hydroxyl groups excluding tert-OH is 1. The van der Waals surface area contributed by atoms with Crippen LogP contribution in [0.3, 0.4) is 0 Å². The van der Waals surface area contributed by atoms with E-state index < -0.39 is 5.79 Å². The summed E-state index contributed by atoms with van der Waals surface area (Å²) in [5.74, 6) is -1.21. The summed E-state index contributed by atoms with van der Waals surface area (Å²) in [6.45, 7) is 4.05. The van der Waals surface area contributed by atoms with E-state index in [4.69, 9.17) is 28.4 Å². The molecule has 0 aliphatic carbocycles. The molecule has 10 atom stereocenters. The van der Waals surface area contributed by atoms with E-state index in [0.29, 0.717) is 37.7 Å². The van der Waals surface area contributed by atoms with Gasteiger partial charge in [-0.3, -0.25) is 0 Å². The number of benzene rings is 1. The third-order valence-electron chi connectivity index (χ3n) is 8.06. The van der Waals surface area contributed by atoms with E-state index in [9.17, 15) is 9.90 Å². The van der Waals surface area contributed by atoms with Crippen molar-refractivity contribution in [2.75, 3.05) is 6.61 Å². The molecule has 1 N–H and O–H groups in total. The zero-order valence-corrected chi connectivity index (χ0v) is 21.7. The number of esters is 1. The van der Waals surface area contributed by atoms with Crippen LogP contribution in [0.25, 0.3) is 0 Å². The Morgan fingerprint density at radius 3 is 2.58 bits per heavy atom. The number of fused-ring (bicyclic) bond motifs is 1. The Balaban J connectivity index is 1.18. The summed E-state index contributed by atoms with van der Waals surface area (Å²) < 4.78 is 39.2. The summed E-state index contributed by atoms with van der Waals surface area (Å²) in [5.41, 5.74) is 0.516. The second-order valence-corrected chi connectivity index (χ2v) is 11.6. The molecule has 6 aliphatic heterocycles. The molecule has 36 heavy (non-hydrogen) atoms. The monoisotopic (exact) mass is 564 g/mol. The fourth-order valence-electron chi connectivity index (χ4n) is 6.46. The highest BCUT2D eigenvalue weighted by molar-refractivity contribution is 9.11. The minimum Gasteiger partial charge on any atom is -0.458 e. The number of hydrogen-bond acceptors (Lipinski definition) is 8. The molecule has 6 fully saturated rings. The van der Waals surface area contributed by atoms with Crippen LogP contribution in [-0.4, -0.2) is 78.4 Å². The van der Waals surface area contributed by atoms with Gasteiger partial charge in [-0.1, -0.05) is 40.7 Å². The van der Waals surface area contributed by atoms with E-state index in [1.165, 1.54) is 0 Å². The van der Waals surface area contributed by atoms with Gasteiger partial charge in [0.2, 0.25) is 0 Å². The zero-order valence-electron chi connectivity index (χ0n) is 20.1. The zero-order chi connectivity index (χ0) is 24.9. The van der Waals surface area contributed by atoms with E-state index in [-0.39, 0.29) is 67.5 Å². The van der Waals surface area contributed by atoms with Crippen molar-refractivity contribution in [1.29, 1.82) is 0 Å². The maximum Gasteiger partial charge on any atom is 0.338 e. The van der Waals surface area contributed by atoms with Crippen molar-refractivity contribution in [3.05, 3.63) is 47.0 Å². The third kappa shape index (κ3) is 4.68. The minimum atomic E-state index is -0.847. The first kappa shape index (κ1) is 25.0. The summed E-state index contributed by atoms with van der Waals surface area (Å²) in [6, 6.07) is 8.99. The van der Waals surface area contributed by atoms with Gasteiger partial charge in [0.05, 0.1) is 23.9 Å². The predicted octanol–water partition coefficient (Wildman–Crippen LogP) is 3.64. The molecule has 0 spiro atoms. The minimum absolute atomic E-state index is 0.0148. The van der Waals surface area contributed by atoms with Crippen LogP contribution in [-0.2, 0) is 28.4 Å². The van der Waals surface area contributed by atoms with Crippen LogP contribution >= 0.6 is 15.9 Å². The summed E-state index contributed by atoms with van der Waals surface area (Å²) in [5, 5.41) is 9.42. The van der Waals surface area contributed by atoms with Gasteiger partial charge in [0.15, 0.2) is 5.79 Å². The quantitative estimate of drug-likeness (QED) is 0.454. The van der Waals surface area contributed by atoms with Crippen molar-refractivity contribution in [2.24, 2.45) is 0 Å². The van der Waals surface area contributed by atoms with Crippen LogP contribution in [0.2, 0.25) is 0 Å². The van der Waals surface area contributed by atoms with Crippen molar-refractivity contribution in [1.82, 2.24) is 0 Å². The predicted molar refractivity (Wildman–Crippen MR) is 132 cm³/mol. The smallest absolute Gasteiger partial charge is 0.338 e. The first-order chi connectivity index (χ1) is 17.4. The number of aliphatic hydroxyl groups is 1. The highest BCUT2D eigenvalue weighted by Crippen LogP contribution is 2.54. The molecule has 196 valence electrons. The van der Waals surface area contributed by atoms with Crippen molar-refractivity contribution in [3.63, 3.8) is 0 Å². The first-order valence-corrected chi connectivity index (χ1v) is 13.8. The Morgan fingerprint density at radius 1 is 1.06 bits per heavy atom. The molecule has 8 nitrogen and oxygen atoms in total. The van der Waals surface area contributed by atoms with Gasteiger partial charge in [0, 0.05) is 25.9 Å². The van der Waals surface area contributed by atoms with Gasteiger partial charge in [-0.25, -0.2) is 4.79 Å². The van der Waals surface area contributed by atoms with Crippen molar-refractivity contribution < 1.29 is 38.3 Å². The molecule has 1 unspecified atom stereocenters. The molecular formula is C27H33BrO8. The number of carbonyl (C=O) groups is 1. The standard InChI is InChI=1S/C27H33BrO8/c1-15(28)13-18(32-26(30)16-5-3-2-4-6-16)9-11-27-14-20-22(35-27)23-24(34-20)25(36-27)21-19(33-23)8-7-17(31-21)10-12-29/h2-6,17-25,29H,1,7-14H2/t17-,18+,19+,20-,21+,22?,23+,24-,25+,27+/m1/s1. The lowest BCUT2D eigenvalue weighted by molar-refractivity contribution is -0.293. The fourth-order valence-corrected chi connectivity index (χ4v) is 6.82. The number of carbonyl (C=O) groups excluding carboxylic acids is 1. The highest BCUT2D eigenvalue weighted by Gasteiger charge is 2.68. The van der Waals surface area contributed by atoms with Crippen molar-refractivity contribution in [3.8, 4) is 0 Å². The van der Waals surface area contributed by atoms with Crippen molar-refractivity contribution in [2.45, 2.75) is 106 Å². The van der Waals surface area contributed by atoms with E-state index >= 15 is 0 Å². The maximum atomic E-state index is 12.7. The van der Waals surface area contributed by atoms with Crippen molar-refractivity contribution >= 4 is 21.9 Å². The topological polar surface area (TPSA) is 92.7 Å². The van der Waals surface area contributed by atoms with Crippen LogP contribution in [0.4, 0.5) is 0 Å². The molecule has 1 aromatic carbocycles. The van der Waals surface area contributed by atoms with Crippen LogP contribution in [0.5, 0.6) is 0 Å². The van der Waals surface area contributed by atoms with Gasteiger partial charge >= 0.3 is 5.97 Å². The van der Waals surface area contributed by atoms with E-state index in [1.54, 1.807) is 12.1 Å². The molecule has 6 saturated heterocycles. The fraction of sp³-hybridized carbons (Fsp3) is 0.667. The molecule has 1 aromatic rings. The maximum absolute atomic E-state index is 12.7. The summed E-state index contributed by atoms with van der Waals surface area (Å²) >= 11 is 3.43. The normalized spacial score (nSPS) is 40.9. The van der Waals surface area contributed by atoms with Gasteiger partial charge in [0.25, 0.3) is 0 Å². The first-order valence-electron chi connectivity index (χ1n) is 13.0. The molecule has 9 heteroatoms. The Hall–Kier alpha value is -1.33. The molecule has 0 radical (unpaired) electrons. The molecule has 6 heterocycles. The SMILES string of the molecule is C=C(Br)C[C@H](CC[C@@]12C[C@H]3O[C@H]4[C@@H](O1)[C@H]1O[C@@H](CCO)CC[C@@H]1O[C@H]4C3O2)OC(=O)c1ccccc1. The third-order valence-corrected chi connectivity index (χ3v) is 8.38. The second-order valence-electron chi connectivity index (χ2n) is 10.5. The highest BCUT2D eigenvalue weighted by atomic mass is 79.9. The summed E-state index contributed by atoms with van der Waals surface area (Å²) in [7, 11) is 0. The van der Waals surface area contributed by atoms with Gasteiger partial charge < -0.3 is 33.5 Å². The van der Waals surface area contributed by atoms with E-state index in [2.05, 4.69) is 22.5 Å². The number of rotatable bonds is 9. The Kier molecular flexibility index (Phi) is 7.00. The average molecular weight is 565 g/mol. The second kappa shape index (κ2) is 10.1. The Bertz CT molecular complexity index is 974. The lowest BCUT2D eigenvalue weighted by Crippen LogP contribution is -2.61. The van der Waals surface area contributed by atoms with Crippen LogP contribution in [0.1, 0.15) is 55.3 Å². The van der Waals surface area contributed by atoms with Gasteiger partial charge in [0.1, 0.15) is 36.6 Å². The molecule has 7 rings (SSSR count). The molecule has 6 bridgehead atoms. The summed E-state index contributed by atoms with van der Waals surface area (Å²) in [4.78, 5) is 12.7. The molecule has 0 amide bonds. The number of ether oxygens (including phenoxy) is 6. The Labute approximate surface area is 219 Å². The number of hydrogen-bond donors (Lipinski definition) is 1. The lowest BCUT2D eigenvalue weighted by atomic mass is 9.87. The Morgan fingerprint density at radius 2 is 1.81 bits per heavy atom. The van der Waals surface area contributed by atoms with Crippen LogP contribution < -0.4 is 0 Å². The van der Waals surface area contributed by atoms with Gasteiger partial charge in [-0.05, 0) is 42.3 Å². The van der Waals surface area contributed by atoms with Crippen LogP contribution in [0.15, 0.2) is 41.4 Å². The molecule has 6 aliphatic rings. The average Bonchev–Trinajstić information content (AvgIpc) is 3.28. The van der Waals surface area contributed by atoms with Crippen LogP contribution in [0, 0.1) is 0 Å². The van der Waals surface area contributed by atoms with E-state index in [0.717, 1.165) is 17.3 Å². The van der Waals surface area contributed by atoms with E-state index in [1.807, 2.05) is 18.2 Å². The largest absolute Gasteiger partial charge is 0.458 e. The molecular weight excluding hydrogens is 532 g/mol. The summed E-state index contributed by atoms with van der Waals surface area (Å²) in [6.07, 6.45) is 2.84. The molecule has 0 aromatic heterocycles.